The first-order valence-electron chi connectivity index (χ1n) is 18.2. The van der Waals surface area contributed by atoms with Crippen LogP contribution in [0, 0.1) is 5.92 Å². The summed E-state index contributed by atoms with van der Waals surface area (Å²) >= 11 is 0. The number of carbonyl (C=O) groups excluding carboxylic acids is 1. The minimum absolute atomic E-state index is 0.0260. The molecule has 55 heavy (non-hydrogen) atoms. The lowest BCUT2D eigenvalue weighted by Gasteiger charge is -2.48. The highest BCUT2D eigenvalue weighted by molar-refractivity contribution is 5.92. The lowest BCUT2D eigenvalue weighted by molar-refractivity contribution is -0.165. The largest absolute Gasteiger partial charge is 0.508 e. The van der Waals surface area contributed by atoms with Crippen LogP contribution in [0.3, 0.4) is 0 Å². The normalized spacial score (nSPS) is 21.3. The van der Waals surface area contributed by atoms with E-state index in [1.54, 1.807) is 62.6 Å². The van der Waals surface area contributed by atoms with Crippen molar-refractivity contribution in [2.75, 3.05) is 18.1 Å². The number of benzene rings is 2. The van der Waals surface area contributed by atoms with Crippen molar-refractivity contribution < 1.29 is 39.1 Å². The number of hydrogen-bond donors (Lipinski definition) is 6. The summed E-state index contributed by atoms with van der Waals surface area (Å²) in [5.74, 6) is -2.36. The van der Waals surface area contributed by atoms with E-state index in [2.05, 4.69) is 9.97 Å². The summed E-state index contributed by atoms with van der Waals surface area (Å²) in [5, 5.41) is 44.1. The van der Waals surface area contributed by atoms with Crippen LogP contribution in [0.25, 0.3) is 11.0 Å². The van der Waals surface area contributed by atoms with Crippen LogP contribution in [0.1, 0.15) is 78.2 Å². The summed E-state index contributed by atoms with van der Waals surface area (Å²) in [5.41, 5.74) is 14.3. The van der Waals surface area contributed by atoms with Crippen molar-refractivity contribution in [2.45, 2.75) is 76.6 Å². The fraction of sp³-hybridized carbons (Fsp3) is 0.333. The van der Waals surface area contributed by atoms with E-state index in [1.807, 2.05) is 13.0 Å². The molecule has 13 heteroatoms. The Morgan fingerprint density at radius 2 is 1.91 bits per heavy atom. The maximum absolute atomic E-state index is 13.9. The molecule has 7 rings (SSSR count). The molecule has 8 N–H and O–H groups in total. The molecular weight excluding hydrogens is 704 g/mol. The van der Waals surface area contributed by atoms with E-state index in [0.29, 0.717) is 52.9 Å². The van der Waals surface area contributed by atoms with E-state index in [-0.39, 0.29) is 51.9 Å². The van der Waals surface area contributed by atoms with E-state index in [4.69, 9.17) is 25.4 Å². The number of nitrogens with two attached hydrogens (primary N) is 2. The van der Waals surface area contributed by atoms with Crippen molar-refractivity contribution in [3.8, 4) is 17.2 Å². The van der Waals surface area contributed by atoms with E-state index in [9.17, 15) is 30.0 Å². The number of rotatable bonds is 8. The quantitative estimate of drug-likeness (QED) is 0.0915. The van der Waals surface area contributed by atoms with Crippen molar-refractivity contribution in [1.29, 1.82) is 0 Å². The Hall–Kier alpha value is -5.92. The number of nitrogen functional groups attached to an aromatic ring is 2. The summed E-state index contributed by atoms with van der Waals surface area (Å²) in [4.78, 5) is 36.3. The number of fused-ring (bicyclic) bond motifs is 4. The van der Waals surface area contributed by atoms with Gasteiger partial charge in [0.1, 0.15) is 63.9 Å². The number of allylic oxidation sites excluding steroid dienone is 1. The highest BCUT2D eigenvalue weighted by atomic mass is 16.6. The number of phenolic OH excluding ortho intramolecular Hbond substituents is 2. The fourth-order valence-electron chi connectivity index (χ4n) is 8.24. The van der Waals surface area contributed by atoms with Crippen LogP contribution in [0.5, 0.6) is 17.2 Å². The van der Waals surface area contributed by atoms with Gasteiger partial charge in [0.05, 0.1) is 6.61 Å². The molecule has 0 fully saturated rings. The van der Waals surface area contributed by atoms with Gasteiger partial charge >= 0.3 is 5.97 Å². The van der Waals surface area contributed by atoms with Crippen LogP contribution in [-0.2, 0) is 35.4 Å². The number of aliphatic hydroxyl groups excluding tert-OH is 2. The van der Waals surface area contributed by atoms with Crippen molar-refractivity contribution in [1.82, 2.24) is 9.97 Å². The number of aromatic hydroxyl groups is 2. The van der Waals surface area contributed by atoms with Gasteiger partial charge in [0.15, 0.2) is 5.43 Å². The number of pyridine rings is 2. The second-order valence-corrected chi connectivity index (χ2v) is 14.5. The average Bonchev–Trinajstić information content (AvgIpc) is 3.16. The van der Waals surface area contributed by atoms with Crippen LogP contribution in [0.15, 0.2) is 81.8 Å². The number of ether oxygens (including phenoxy) is 2. The van der Waals surface area contributed by atoms with Gasteiger partial charge in [0.2, 0.25) is 0 Å². The molecule has 0 spiro atoms. The van der Waals surface area contributed by atoms with Gasteiger partial charge in [-0.25, -0.2) is 14.8 Å². The molecule has 5 atom stereocenters. The minimum atomic E-state index is -1.29. The van der Waals surface area contributed by atoms with Crippen molar-refractivity contribution in [3.05, 3.63) is 122 Å². The molecule has 0 saturated carbocycles. The van der Waals surface area contributed by atoms with Gasteiger partial charge in [-0.1, -0.05) is 24.3 Å². The summed E-state index contributed by atoms with van der Waals surface area (Å²) in [6.07, 6.45) is 5.12. The molecule has 0 saturated heterocycles. The molecule has 5 heterocycles. The molecule has 286 valence electrons. The average molecular weight is 749 g/mol. The van der Waals surface area contributed by atoms with Gasteiger partial charge in [-0.05, 0) is 86.6 Å². The van der Waals surface area contributed by atoms with E-state index >= 15 is 0 Å². The monoisotopic (exact) mass is 748 g/mol. The molecular formula is C42H44N4O9. The smallest absolute Gasteiger partial charge is 0.333 e. The molecule has 3 aromatic heterocycles. The van der Waals surface area contributed by atoms with Crippen molar-refractivity contribution in [2.24, 2.45) is 5.92 Å². The lowest BCUT2D eigenvalue weighted by Crippen LogP contribution is -2.57. The van der Waals surface area contributed by atoms with Gasteiger partial charge in [0, 0.05) is 59.3 Å². The number of anilines is 2. The molecule has 2 aliphatic heterocycles. The topological polar surface area (TPSA) is 224 Å². The summed E-state index contributed by atoms with van der Waals surface area (Å²) < 4.78 is 19.8. The Morgan fingerprint density at radius 3 is 2.60 bits per heavy atom. The molecule has 0 amide bonds. The second-order valence-electron chi connectivity index (χ2n) is 14.5. The highest BCUT2D eigenvalue weighted by Gasteiger charge is 2.52. The number of carbonyl (C=O) groups is 1. The first-order chi connectivity index (χ1) is 26.4. The fourth-order valence-corrected chi connectivity index (χ4v) is 8.24. The predicted molar refractivity (Wildman–Crippen MR) is 205 cm³/mol. The third kappa shape index (κ3) is 6.63. The molecule has 2 aromatic carbocycles. The standard InChI is InChI=1S/C42H44N4O9/c1-4-21(2)41(52)54-32-17-29-37(51)35-31(50)16-26(19-47)53-39(35)36-34(30(20-48)23-6-5-7-25(49)15-23)27-12-13-45-40(44)28(27)10-9-24(42(32,3)55-38(29)36)14-22-8-11-33(43)46-18-22/h4-8,11-13,15-16,18,24,30,32,34,47-49,51H,9-10,14,17,19-20H2,1-3H3,(H2,43,46)(H2,44,45). The number of nitrogens with zero attached hydrogens (tertiary/aromatic N) is 2. The summed E-state index contributed by atoms with van der Waals surface area (Å²) in [6, 6.07) is 13.0. The van der Waals surface area contributed by atoms with Gasteiger partial charge < -0.3 is 45.8 Å². The maximum atomic E-state index is 13.9. The summed E-state index contributed by atoms with van der Waals surface area (Å²) in [6.45, 7) is 4.19. The Balaban J connectivity index is 1.61. The second kappa shape index (κ2) is 14.7. The number of aromatic nitrogens is 2. The lowest BCUT2D eigenvalue weighted by atomic mass is 9.69. The van der Waals surface area contributed by atoms with Gasteiger partial charge in [-0.3, -0.25) is 4.79 Å². The van der Waals surface area contributed by atoms with E-state index < -0.39 is 53.9 Å². The molecule has 2 bridgehead atoms. The molecule has 5 unspecified atom stereocenters. The van der Waals surface area contributed by atoms with Crippen LogP contribution in [-0.4, -0.2) is 54.7 Å². The number of phenols is 2. The zero-order chi connectivity index (χ0) is 39.2. The maximum Gasteiger partial charge on any atom is 0.333 e. The molecule has 0 radical (unpaired) electrons. The molecule has 13 nitrogen and oxygen atoms in total. The Kier molecular flexibility index (Phi) is 10.0. The first-order valence-corrected chi connectivity index (χ1v) is 18.2. The highest BCUT2D eigenvalue weighted by Crippen LogP contribution is 2.56. The zero-order valence-electron chi connectivity index (χ0n) is 30.8. The third-order valence-corrected chi connectivity index (χ3v) is 11.3. The van der Waals surface area contributed by atoms with E-state index in [1.165, 1.54) is 6.07 Å². The number of esters is 1. The Morgan fingerprint density at radius 1 is 1.11 bits per heavy atom. The van der Waals surface area contributed by atoms with E-state index in [0.717, 1.165) is 11.6 Å². The zero-order valence-corrected chi connectivity index (χ0v) is 30.8. The molecule has 5 aromatic rings. The van der Waals surface area contributed by atoms with Gasteiger partial charge in [-0.2, -0.15) is 0 Å². The van der Waals surface area contributed by atoms with Crippen molar-refractivity contribution >= 4 is 28.6 Å². The Labute approximate surface area is 316 Å². The van der Waals surface area contributed by atoms with Gasteiger partial charge in [-0.15, -0.1) is 0 Å². The van der Waals surface area contributed by atoms with Gasteiger partial charge in [0.25, 0.3) is 0 Å². The van der Waals surface area contributed by atoms with Crippen LogP contribution in [0.2, 0.25) is 0 Å². The first kappa shape index (κ1) is 37.4. The number of aliphatic hydroxyl groups is 2. The SMILES string of the molecule is CC=C(C)C(=O)OC1Cc2c3c(c4oc(CO)cc(=O)c4c2O)C(C(CO)c2cccc(O)c2)c2ccnc(N)c2CCC(Cc2ccc(N)nc2)C1(C)O3. The molecule has 2 aliphatic rings. The van der Waals surface area contributed by atoms with Crippen LogP contribution >= 0.6 is 0 Å². The minimum Gasteiger partial charge on any atom is -0.508 e. The van der Waals surface area contributed by atoms with Crippen LogP contribution in [0.4, 0.5) is 11.6 Å². The Bertz CT molecular complexity index is 2370. The predicted octanol–water partition coefficient (Wildman–Crippen LogP) is 4.94. The molecule has 0 aliphatic carbocycles. The summed E-state index contributed by atoms with van der Waals surface area (Å²) in [7, 11) is 0. The third-order valence-electron chi connectivity index (χ3n) is 11.3. The number of hydrogen-bond acceptors (Lipinski definition) is 13. The van der Waals surface area contributed by atoms with Crippen molar-refractivity contribution in [3.63, 3.8) is 0 Å². The van der Waals surface area contributed by atoms with Crippen LogP contribution < -0.4 is 21.6 Å².